The number of nitrogens with zero attached hydrogens (tertiary/aromatic N) is 2. The van der Waals surface area contributed by atoms with Crippen molar-refractivity contribution in [1.29, 1.82) is 5.26 Å². The van der Waals surface area contributed by atoms with Crippen LogP contribution < -0.4 is 0 Å². The zero-order valence-corrected chi connectivity index (χ0v) is 20.4. The van der Waals surface area contributed by atoms with E-state index in [-0.39, 0.29) is 0 Å². The Morgan fingerprint density at radius 1 is 0.759 bits per heavy atom. The number of hydrogen-bond acceptors (Lipinski definition) is 2. The average Bonchev–Trinajstić information content (AvgIpc) is 2.66. The minimum atomic E-state index is -0.545. The standard InChI is InChI=1S/C27H38N2/c1-16-12-17(2)19(4)26(18(16)3)27(10,14-28)15-29(11)13-25-23(8)21(6)20(5)22(7)24(25)9/h12H,13,15H2,1-11H3. The number of likely N-dealkylation sites (N-methyl/N-ethyl adjacent to an activating group) is 1. The van der Waals surface area contributed by atoms with Gasteiger partial charge in [0.2, 0.25) is 0 Å². The van der Waals surface area contributed by atoms with Gasteiger partial charge in [0.15, 0.2) is 0 Å². The molecule has 2 heteroatoms. The Labute approximate surface area is 178 Å². The van der Waals surface area contributed by atoms with Gasteiger partial charge in [0, 0.05) is 13.1 Å². The second kappa shape index (κ2) is 8.33. The van der Waals surface area contributed by atoms with Crippen molar-refractivity contribution in [3.8, 4) is 6.07 Å². The van der Waals surface area contributed by atoms with Gasteiger partial charge in [-0.2, -0.15) is 5.26 Å². The quantitative estimate of drug-likeness (QED) is 0.592. The first-order valence-corrected chi connectivity index (χ1v) is 10.6. The summed E-state index contributed by atoms with van der Waals surface area (Å²) in [5.41, 5.74) is 14.0. The lowest BCUT2D eigenvalue weighted by Crippen LogP contribution is -2.37. The summed E-state index contributed by atoms with van der Waals surface area (Å²) in [4.78, 5) is 2.32. The highest BCUT2D eigenvalue weighted by molar-refractivity contribution is 5.51. The summed E-state index contributed by atoms with van der Waals surface area (Å²) in [5, 5.41) is 10.2. The summed E-state index contributed by atoms with van der Waals surface area (Å²) in [5.74, 6) is 0. The molecule has 0 spiro atoms. The van der Waals surface area contributed by atoms with Crippen molar-refractivity contribution in [3.05, 3.63) is 67.3 Å². The molecule has 156 valence electrons. The molecule has 0 saturated heterocycles. The summed E-state index contributed by atoms with van der Waals surface area (Å²) in [6.45, 7) is 23.4. The van der Waals surface area contributed by atoms with Crippen molar-refractivity contribution < 1.29 is 0 Å². The zero-order chi connectivity index (χ0) is 22.3. The van der Waals surface area contributed by atoms with E-state index in [1.165, 1.54) is 61.2 Å². The van der Waals surface area contributed by atoms with Crippen LogP contribution in [0.3, 0.4) is 0 Å². The lowest BCUT2D eigenvalue weighted by molar-refractivity contribution is 0.279. The third-order valence-corrected chi connectivity index (χ3v) is 7.33. The third-order valence-electron chi connectivity index (χ3n) is 7.33. The molecule has 0 saturated carbocycles. The molecular formula is C27H38N2. The first-order valence-electron chi connectivity index (χ1n) is 10.6. The van der Waals surface area contributed by atoms with Crippen LogP contribution in [0.2, 0.25) is 0 Å². The zero-order valence-electron chi connectivity index (χ0n) is 20.4. The molecule has 0 fully saturated rings. The van der Waals surface area contributed by atoms with Crippen molar-refractivity contribution in [2.75, 3.05) is 13.6 Å². The molecule has 2 aromatic carbocycles. The number of benzene rings is 2. The number of nitriles is 1. The van der Waals surface area contributed by atoms with Gasteiger partial charge < -0.3 is 4.90 Å². The van der Waals surface area contributed by atoms with E-state index < -0.39 is 5.41 Å². The SMILES string of the molecule is Cc1cc(C)c(C)c(C(C)(C#N)CN(C)Cc2c(C)c(C)c(C)c(C)c2C)c1C. The van der Waals surface area contributed by atoms with Crippen molar-refractivity contribution in [2.24, 2.45) is 0 Å². The van der Waals surface area contributed by atoms with Gasteiger partial charge in [-0.3, -0.25) is 0 Å². The van der Waals surface area contributed by atoms with Gasteiger partial charge in [0.05, 0.1) is 11.5 Å². The Hall–Kier alpha value is -2.11. The Kier molecular flexibility index (Phi) is 6.65. The van der Waals surface area contributed by atoms with E-state index in [4.69, 9.17) is 0 Å². The van der Waals surface area contributed by atoms with Crippen molar-refractivity contribution >= 4 is 0 Å². The van der Waals surface area contributed by atoms with Crippen molar-refractivity contribution in [1.82, 2.24) is 4.90 Å². The van der Waals surface area contributed by atoms with Crippen LogP contribution in [-0.2, 0) is 12.0 Å². The fourth-order valence-electron chi connectivity index (χ4n) is 4.90. The minimum Gasteiger partial charge on any atom is -0.300 e. The van der Waals surface area contributed by atoms with Gasteiger partial charge in [-0.15, -0.1) is 0 Å². The molecule has 0 amide bonds. The molecule has 2 aromatic rings. The third kappa shape index (κ3) is 4.12. The second-order valence-electron chi connectivity index (χ2n) is 9.36. The summed E-state index contributed by atoms with van der Waals surface area (Å²) in [7, 11) is 2.15. The van der Waals surface area contributed by atoms with Crippen LogP contribution >= 0.6 is 0 Å². The highest BCUT2D eigenvalue weighted by Gasteiger charge is 2.32. The topological polar surface area (TPSA) is 27.0 Å². The highest BCUT2D eigenvalue weighted by Crippen LogP contribution is 2.34. The lowest BCUT2D eigenvalue weighted by Gasteiger charge is -2.33. The van der Waals surface area contributed by atoms with Crippen LogP contribution in [0.1, 0.15) is 68.1 Å². The molecule has 0 aliphatic rings. The van der Waals surface area contributed by atoms with Gasteiger partial charge in [-0.05, 0) is 137 Å². The first kappa shape index (κ1) is 23.2. The van der Waals surface area contributed by atoms with Crippen LogP contribution in [0.4, 0.5) is 0 Å². The average molecular weight is 391 g/mol. The molecule has 2 rings (SSSR count). The molecular weight excluding hydrogens is 352 g/mol. The summed E-state index contributed by atoms with van der Waals surface area (Å²) < 4.78 is 0. The van der Waals surface area contributed by atoms with Crippen LogP contribution in [-0.4, -0.2) is 18.5 Å². The highest BCUT2D eigenvalue weighted by atomic mass is 15.1. The molecule has 0 bridgehead atoms. The number of hydrogen-bond donors (Lipinski definition) is 0. The second-order valence-corrected chi connectivity index (χ2v) is 9.36. The largest absolute Gasteiger partial charge is 0.300 e. The van der Waals surface area contributed by atoms with E-state index >= 15 is 0 Å². The van der Waals surface area contributed by atoms with Gasteiger partial charge in [-0.25, -0.2) is 0 Å². The van der Waals surface area contributed by atoms with E-state index in [1.807, 2.05) is 0 Å². The molecule has 29 heavy (non-hydrogen) atoms. The van der Waals surface area contributed by atoms with E-state index in [0.717, 1.165) is 6.54 Å². The predicted molar refractivity (Wildman–Crippen MR) is 125 cm³/mol. The minimum absolute atomic E-state index is 0.545. The lowest BCUT2D eigenvalue weighted by atomic mass is 9.76. The predicted octanol–water partition coefficient (Wildman–Crippen LogP) is 6.38. The fraction of sp³-hybridized carbons (Fsp3) is 0.519. The van der Waals surface area contributed by atoms with E-state index in [0.29, 0.717) is 6.54 Å². The Morgan fingerprint density at radius 2 is 1.17 bits per heavy atom. The normalized spacial score (nSPS) is 13.5. The molecule has 0 radical (unpaired) electrons. The van der Waals surface area contributed by atoms with Gasteiger partial charge in [-0.1, -0.05) is 6.07 Å². The number of rotatable bonds is 5. The van der Waals surface area contributed by atoms with Gasteiger partial charge in [0.25, 0.3) is 0 Å². The molecule has 0 aromatic heterocycles. The van der Waals surface area contributed by atoms with Gasteiger partial charge in [0.1, 0.15) is 0 Å². The maximum atomic E-state index is 10.2. The number of aryl methyl sites for hydroxylation is 2. The Bertz CT molecular complexity index is 936. The maximum absolute atomic E-state index is 10.2. The smallest absolute Gasteiger partial charge is 0.0926 e. The molecule has 1 atom stereocenters. The molecule has 0 heterocycles. The van der Waals surface area contributed by atoms with Gasteiger partial charge >= 0.3 is 0 Å². The van der Waals surface area contributed by atoms with E-state index in [1.54, 1.807) is 0 Å². The summed E-state index contributed by atoms with van der Waals surface area (Å²) >= 11 is 0. The Balaban J connectivity index is 2.45. The van der Waals surface area contributed by atoms with Crippen LogP contribution in [0.15, 0.2) is 6.07 Å². The van der Waals surface area contributed by atoms with Crippen LogP contribution in [0, 0.1) is 73.6 Å². The first-order chi connectivity index (χ1) is 13.4. The molecule has 2 nitrogen and oxygen atoms in total. The summed E-state index contributed by atoms with van der Waals surface area (Å²) in [6, 6.07) is 4.90. The molecule has 0 aliphatic heterocycles. The van der Waals surface area contributed by atoms with Crippen molar-refractivity contribution in [3.63, 3.8) is 0 Å². The van der Waals surface area contributed by atoms with Crippen LogP contribution in [0.5, 0.6) is 0 Å². The fourth-order valence-corrected chi connectivity index (χ4v) is 4.90. The maximum Gasteiger partial charge on any atom is 0.0926 e. The molecule has 1 unspecified atom stereocenters. The van der Waals surface area contributed by atoms with Crippen molar-refractivity contribution in [2.45, 2.75) is 81.2 Å². The van der Waals surface area contributed by atoms with E-state index in [9.17, 15) is 5.26 Å². The van der Waals surface area contributed by atoms with Crippen LogP contribution in [0.25, 0.3) is 0 Å². The summed E-state index contributed by atoms with van der Waals surface area (Å²) in [6.07, 6.45) is 0. The monoisotopic (exact) mass is 390 g/mol. The molecule has 0 aliphatic carbocycles. The molecule has 0 N–H and O–H groups in total. The Morgan fingerprint density at radius 3 is 1.59 bits per heavy atom. The van der Waals surface area contributed by atoms with E-state index in [2.05, 4.69) is 93.3 Å².